The first-order chi connectivity index (χ1) is 4.81. The average Bonchev–Trinajstić information content (AvgIpc) is 1.98. The summed E-state index contributed by atoms with van der Waals surface area (Å²) in [6, 6.07) is 0. The molecule has 0 bridgehead atoms. The van der Waals surface area contributed by atoms with Gasteiger partial charge in [-0.15, -0.1) is 0 Å². The van der Waals surface area contributed by atoms with Crippen molar-refractivity contribution in [3.05, 3.63) is 24.3 Å². The first-order valence-electron chi connectivity index (χ1n) is 3.22. The van der Waals surface area contributed by atoms with Crippen molar-refractivity contribution in [2.24, 2.45) is 0 Å². The number of esters is 1. The van der Waals surface area contributed by atoms with Gasteiger partial charge in [0.2, 0.25) is 0 Å². The van der Waals surface area contributed by atoms with E-state index in [0.29, 0.717) is 0 Å². The number of ether oxygens (including phenoxy) is 1. The van der Waals surface area contributed by atoms with E-state index in [-0.39, 0.29) is 5.97 Å². The molecule has 0 heterocycles. The molecule has 0 unspecified atom stereocenters. The lowest BCUT2D eigenvalue weighted by atomic mass is 10.4. The van der Waals surface area contributed by atoms with Crippen molar-refractivity contribution in [3.63, 3.8) is 0 Å². The number of rotatable bonds is 3. The van der Waals surface area contributed by atoms with Crippen LogP contribution in [0.25, 0.3) is 0 Å². The van der Waals surface area contributed by atoms with E-state index in [0.717, 1.165) is 6.42 Å². The molecular formula is C8H12O2. The lowest BCUT2D eigenvalue weighted by Crippen LogP contribution is -1.92. The number of carbonyl (C=O) groups excluding carboxylic acids is 1. The summed E-state index contributed by atoms with van der Waals surface area (Å²) < 4.78 is 4.37. The van der Waals surface area contributed by atoms with Gasteiger partial charge in [0.15, 0.2) is 0 Å². The van der Waals surface area contributed by atoms with Crippen LogP contribution in [-0.2, 0) is 9.53 Å². The van der Waals surface area contributed by atoms with Crippen molar-refractivity contribution in [2.45, 2.75) is 13.3 Å². The minimum absolute atomic E-state index is 0.319. The maximum Gasteiger partial charge on any atom is 0.330 e. The Hall–Kier alpha value is -1.05. The third kappa shape index (κ3) is 5.09. The zero-order valence-corrected chi connectivity index (χ0v) is 6.33. The average molecular weight is 140 g/mol. The molecule has 0 radical (unpaired) electrons. The third-order valence-electron chi connectivity index (χ3n) is 0.916. The van der Waals surface area contributed by atoms with E-state index in [1.807, 2.05) is 19.1 Å². The molecule has 0 aromatic heterocycles. The van der Waals surface area contributed by atoms with Crippen LogP contribution in [0.4, 0.5) is 0 Å². The summed E-state index contributed by atoms with van der Waals surface area (Å²) in [5, 5.41) is 0. The van der Waals surface area contributed by atoms with E-state index >= 15 is 0 Å². The van der Waals surface area contributed by atoms with E-state index in [4.69, 9.17) is 0 Å². The van der Waals surface area contributed by atoms with E-state index in [1.165, 1.54) is 13.2 Å². The second-order valence-corrected chi connectivity index (χ2v) is 1.72. The summed E-state index contributed by atoms with van der Waals surface area (Å²) in [4.78, 5) is 10.4. The van der Waals surface area contributed by atoms with Crippen LogP contribution in [0.1, 0.15) is 13.3 Å². The Morgan fingerprint density at radius 1 is 1.50 bits per heavy atom. The second-order valence-electron chi connectivity index (χ2n) is 1.72. The highest BCUT2D eigenvalue weighted by atomic mass is 16.5. The zero-order chi connectivity index (χ0) is 7.82. The van der Waals surface area contributed by atoms with Crippen molar-refractivity contribution in [2.75, 3.05) is 7.11 Å². The van der Waals surface area contributed by atoms with Gasteiger partial charge in [0.25, 0.3) is 0 Å². The van der Waals surface area contributed by atoms with Crippen LogP contribution in [0.2, 0.25) is 0 Å². The summed E-state index contributed by atoms with van der Waals surface area (Å²) >= 11 is 0. The SMILES string of the molecule is CCC=CC=CC(=O)OC. The number of hydrogen-bond donors (Lipinski definition) is 0. The summed E-state index contributed by atoms with van der Waals surface area (Å²) in [7, 11) is 1.36. The molecule has 0 spiro atoms. The van der Waals surface area contributed by atoms with Crippen LogP contribution < -0.4 is 0 Å². The molecule has 0 aromatic carbocycles. The molecule has 0 aromatic rings. The van der Waals surface area contributed by atoms with Gasteiger partial charge in [0.05, 0.1) is 7.11 Å². The monoisotopic (exact) mass is 140 g/mol. The van der Waals surface area contributed by atoms with Crippen molar-refractivity contribution in [1.82, 2.24) is 0 Å². The maximum atomic E-state index is 10.4. The first-order valence-corrected chi connectivity index (χ1v) is 3.22. The van der Waals surface area contributed by atoms with Gasteiger partial charge in [-0.3, -0.25) is 0 Å². The minimum Gasteiger partial charge on any atom is -0.466 e. The van der Waals surface area contributed by atoms with Gasteiger partial charge in [-0.05, 0) is 6.42 Å². The molecule has 56 valence electrons. The molecule has 0 fully saturated rings. The predicted octanol–water partition coefficient (Wildman–Crippen LogP) is 1.68. The Labute approximate surface area is 61.2 Å². The van der Waals surface area contributed by atoms with Crippen molar-refractivity contribution in [3.8, 4) is 0 Å². The van der Waals surface area contributed by atoms with Crippen LogP contribution in [-0.4, -0.2) is 13.1 Å². The Balaban J connectivity index is 3.55. The second kappa shape index (κ2) is 6.08. The highest BCUT2D eigenvalue weighted by molar-refractivity contribution is 5.82. The Kier molecular flexibility index (Phi) is 5.44. The van der Waals surface area contributed by atoms with Gasteiger partial charge in [-0.1, -0.05) is 25.2 Å². The molecule has 0 saturated carbocycles. The highest BCUT2D eigenvalue weighted by Gasteiger charge is 1.85. The predicted molar refractivity (Wildman–Crippen MR) is 40.6 cm³/mol. The fraction of sp³-hybridized carbons (Fsp3) is 0.375. The summed E-state index contributed by atoms with van der Waals surface area (Å²) in [5.41, 5.74) is 0. The fourth-order valence-corrected chi connectivity index (χ4v) is 0.417. The van der Waals surface area contributed by atoms with E-state index in [9.17, 15) is 4.79 Å². The number of methoxy groups -OCH3 is 1. The number of hydrogen-bond acceptors (Lipinski definition) is 2. The van der Waals surface area contributed by atoms with Crippen LogP contribution in [0.3, 0.4) is 0 Å². The van der Waals surface area contributed by atoms with Crippen molar-refractivity contribution in [1.29, 1.82) is 0 Å². The quantitative estimate of drug-likeness (QED) is 0.338. The molecule has 0 aliphatic heterocycles. The van der Waals surface area contributed by atoms with Crippen LogP contribution >= 0.6 is 0 Å². The van der Waals surface area contributed by atoms with Gasteiger partial charge in [0.1, 0.15) is 0 Å². The van der Waals surface area contributed by atoms with Crippen LogP contribution in [0.5, 0.6) is 0 Å². The Morgan fingerprint density at radius 3 is 2.70 bits per heavy atom. The molecule has 0 atom stereocenters. The largest absolute Gasteiger partial charge is 0.466 e. The molecule has 2 heteroatoms. The standard InChI is InChI=1S/C8H12O2/c1-3-4-5-6-7-8(9)10-2/h4-7H,3H2,1-2H3. The molecule has 0 N–H and O–H groups in total. The number of allylic oxidation sites excluding steroid dienone is 3. The van der Waals surface area contributed by atoms with E-state index < -0.39 is 0 Å². The van der Waals surface area contributed by atoms with Crippen LogP contribution in [0.15, 0.2) is 24.3 Å². The molecule has 10 heavy (non-hydrogen) atoms. The Bertz CT molecular complexity index is 145. The number of carbonyl (C=O) groups is 1. The summed E-state index contributed by atoms with van der Waals surface area (Å²) in [6.07, 6.45) is 7.80. The van der Waals surface area contributed by atoms with Gasteiger partial charge >= 0.3 is 5.97 Å². The van der Waals surface area contributed by atoms with Crippen molar-refractivity contribution < 1.29 is 9.53 Å². The first kappa shape index (κ1) is 8.95. The molecule has 0 saturated heterocycles. The highest BCUT2D eigenvalue weighted by Crippen LogP contribution is 1.82. The summed E-state index contributed by atoms with van der Waals surface area (Å²) in [5.74, 6) is -0.319. The minimum atomic E-state index is -0.319. The normalized spacial score (nSPS) is 11.0. The topological polar surface area (TPSA) is 26.3 Å². The van der Waals surface area contributed by atoms with Gasteiger partial charge in [-0.25, -0.2) is 4.79 Å². The van der Waals surface area contributed by atoms with Crippen molar-refractivity contribution >= 4 is 5.97 Å². The van der Waals surface area contributed by atoms with Gasteiger partial charge in [0, 0.05) is 6.08 Å². The van der Waals surface area contributed by atoms with Crippen LogP contribution in [0, 0.1) is 0 Å². The Morgan fingerprint density at radius 2 is 2.20 bits per heavy atom. The van der Waals surface area contributed by atoms with E-state index in [1.54, 1.807) is 6.08 Å². The maximum absolute atomic E-state index is 10.4. The molecule has 0 aliphatic rings. The smallest absolute Gasteiger partial charge is 0.330 e. The molecular weight excluding hydrogens is 128 g/mol. The lowest BCUT2D eigenvalue weighted by molar-refractivity contribution is -0.134. The van der Waals surface area contributed by atoms with Gasteiger partial charge < -0.3 is 4.74 Å². The third-order valence-corrected chi connectivity index (χ3v) is 0.916. The van der Waals surface area contributed by atoms with E-state index in [2.05, 4.69) is 4.74 Å². The van der Waals surface area contributed by atoms with Gasteiger partial charge in [-0.2, -0.15) is 0 Å². The fourth-order valence-electron chi connectivity index (χ4n) is 0.417. The zero-order valence-electron chi connectivity index (χ0n) is 6.33. The molecule has 2 nitrogen and oxygen atoms in total. The molecule has 0 aliphatic carbocycles. The lowest BCUT2D eigenvalue weighted by Gasteiger charge is -1.85. The summed E-state index contributed by atoms with van der Waals surface area (Å²) in [6.45, 7) is 2.03. The molecule has 0 amide bonds. The molecule has 0 rings (SSSR count).